The number of carbonyl (C=O) groups excluding carboxylic acids is 1. The number of hydrogen-bond donors (Lipinski definition) is 3. The predicted octanol–water partition coefficient (Wildman–Crippen LogP) is 3.38. The summed E-state index contributed by atoms with van der Waals surface area (Å²) in [5, 5.41) is 17.1. The lowest BCUT2D eigenvalue weighted by Crippen LogP contribution is -2.39. The Bertz CT molecular complexity index is 1140. The molecule has 0 bridgehead atoms. The first kappa shape index (κ1) is 22.9. The molecule has 0 radical (unpaired) electrons. The van der Waals surface area contributed by atoms with Crippen molar-refractivity contribution in [3.05, 3.63) is 65.6 Å². The zero-order valence-corrected chi connectivity index (χ0v) is 18.1. The van der Waals surface area contributed by atoms with Crippen LogP contribution in [-0.2, 0) is 4.74 Å². The highest BCUT2D eigenvalue weighted by Gasteiger charge is 2.25. The molecule has 9 heteroatoms. The van der Waals surface area contributed by atoms with Crippen molar-refractivity contribution in [2.24, 2.45) is 0 Å². The van der Waals surface area contributed by atoms with Gasteiger partial charge in [0.15, 0.2) is 11.6 Å². The molecule has 0 aliphatic carbocycles. The van der Waals surface area contributed by atoms with Crippen LogP contribution in [0.2, 0.25) is 0 Å². The van der Waals surface area contributed by atoms with Crippen molar-refractivity contribution in [2.45, 2.75) is 24.7 Å². The van der Waals surface area contributed by atoms with Gasteiger partial charge in [0.05, 0.1) is 32.4 Å². The minimum absolute atomic E-state index is 0.0552. The summed E-state index contributed by atoms with van der Waals surface area (Å²) < 4.78 is 38.1. The van der Waals surface area contributed by atoms with E-state index in [9.17, 15) is 18.7 Å². The number of aliphatic hydroxyl groups is 1. The number of carbonyl (C=O) groups is 1. The maximum Gasteiger partial charge on any atom is 0.251 e. The second kappa shape index (κ2) is 10.1. The summed E-state index contributed by atoms with van der Waals surface area (Å²) in [6, 6.07) is 9.93. The molecule has 1 fully saturated rings. The normalized spacial score (nSPS) is 19.2. The van der Waals surface area contributed by atoms with Crippen molar-refractivity contribution < 1.29 is 28.2 Å². The van der Waals surface area contributed by atoms with E-state index in [-0.39, 0.29) is 18.4 Å². The number of fused-ring (bicyclic) bond motifs is 1. The molecule has 33 heavy (non-hydrogen) atoms. The number of methoxy groups -OCH3 is 1. The number of anilines is 1. The maximum absolute atomic E-state index is 14.1. The molecular weight excluding hydrogens is 432 g/mol. The Morgan fingerprint density at radius 1 is 1.27 bits per heavy atom. The summed E-state index contributed by atoms with van der Waals surface area (Å²) >= 11 is 0. The lowest BCUT2D eigenvalue weighted by molar-refractivity contribution is 0.0285. The van der Waals surface area contributed by atoms with E-state index >= 15 is 0 Å². The number of nitrogens with one attached hydrogen (secondary N) is 2. The van der Waals surface area contributed by atoms with Gasteiger partial charge in [-0.05, 0) is 47.7 Å². The van der Waals surface area contributed by atoms with Gasteiger partial charge in [-0.15, -0.1) is 0 Å². The van der Waals surface area contributed by atoms with Crippen LogP contribution in [0.5, 0.6) is 5.75 Å². The third kappa shape index (κ3) is 5.20. The fourth-order valence-corrected chi connectivity index (χ4v) is 3.79. The van der Waals surface area contributed by atoms with Crippen molar-refractivity contribution in [2.75, 3.05) is 32.2 Å². The smallest absolute Gasteiger partial charge is 0.251 e. The van der Waals surface area contributed by atoms with Crippen molar-refractivity contribution >= 4 is 22.5 Å². The molecule has 3 N–H and O–H groups in total. The highest BCUT2D eigenvalue weighted by molar-refractivity contribution is 5.99. The fraction of sp³-hybridized carbons (Fsp3) is 0.333. The van der Waals surface area contributed by atoms with Crippen LogP contribution in [0.25, 0.3) is 10.8 Å². The number of benzene rings is 2. The highest BCUT2D eigenvalue weighted by Crippen LogP contribution is 2.24. The minimum Gasteiger partial charge on any atom is -0.494 e. The maximum atomic E-state index is 14.1. The number of pyridine rings is 1. The molecule has 0 spiro atoms. The number of halogens is 2. The molecule has 0 unspecified atom stereocenters. The van der Waals surface area contributed by atoms with Gasteiger partial charge in [-0.25, -0.2) is 13.8 Å². The lowest BCUT2D eigenvalue weighted by atomic mass is 10.0. The van der Waals surface area contributed by atoms with Crippen molar-refractivity contribution in [1.29, 1.82) is 0 Å². The standard InChI is InChI=1S/C24H25F2N3O4/c1-32-22-5-4-14(9-18(22)25)21(12-30)29-24(31)15-2-3-16-11-27-23(10-17(16)8-15)28-20-6-7-33-13-19(20)26/h2-5,8-11,19-21,30H,6-7,12-13H2,1H3,(H,27,28)(H,29,31)/t19-,20+,21-/m1/s1. The van der Waals surface area contributed by atoms with Crippen LogP contribution < -0.4 is 15.4 Å². The Labute approximate surface area is 189 Å². The van der Waals surface area contributed by atoms with Crippen LogP contribution in [0.3, 0.4) is 0 Å². The molecule has 7 nitrogen and oxygen atoms in total. The monoisotopic (exact) mass is 457 g/mol. The summed E-state index contributed by atoms with van der Waals surface area (Å²) in [6.45, 7) is 0.137. The van der Waals surface area contributed by atoms with E-state index in [4.69, 9.17) is 9.47 Å². The lowest BCUT2D eigenvalue weighted by Gasteiger charge is -2.27. The topological polar surface area (TPSA) is 92.7 Å². The van der Waals surface area contributed by atoms with Gasteiger partial charge in [-0.3, -0.25) is 4.79 Å². The van der Waals surface area contributed by atoms with Crippen LogP contribution in [0.1, 0.15) is 28.4 Å². The van der Waals surface area contributed by atoms with E-state index in [1.165, 1.54) is 19.2 Å². The Kier molecular flexibility index (Phi) is 7.00. The van der Waals surface area contributed by atoms with Crippen LogP contribution in [0, 0.1) is 5.82 Å². The predicted molar refractivity (Wildman–Crippen MR) is 120 cm³/mol. The SMILES string of the molecule is COc1ccc([C@@H](CO)NC(=O)c2ccc3cnc(N[C@H]4CCOC[C@H]4F)cc3c2)cc1F. The average molecular weight is 457 g/mol. The zero-order chi connectivity index (χ0) is 23.4. The van der Waals surface area contributed by atoms with Gasteiger partial charge < -0.3 is 25.2 Å². The Hall–Kier alpha value is -3.30. The first-order valence-corrected chi connectivity index (χ1v) is 10.6. The van der Waals surface area contributed by atoms with Gasteiger partial charge >= 0.3 is 0 Å². The summed E-state index contributed by atoms with van der Waals surface area (Å²) in [7, 11) is 1.36. The van der Waals surface area contributed by atoms with Gasteiger partial charge in [0.2, 0.25) is 0 Å². The second-order valence-corrected chi connectivity index (χ2v) is 7.86. The summed E-state index contributed by atoms with van der Waals surface area (Å²) in [4.78, 5) is 17.2. The average Bonchev–Trinajstić information content (AvgIpc) is 2.83. The molecule has 1 aliphatic heterocycles. The summed E-state index contributed by atoms with van der Waals surface area (Å²) in [5.74, 6) is -0.418. The van der Waals surface area contributed by atoms with Crippen molar-refractivity contribution in [1.82, 2.24) is 10.3 Å². The number of rotatable bonds is 7. The van der Waals surface area contributed by atoms with E-state index in [1.807, 2.05) is 0 Å². The third-order valence-corrected chi connectivity index (χ3v) is 5.67. The number of ether oxygens (including phenoxy) is 2. The van der Waals surface area contributed by atoms with Crippen molar-refractivity contribution in [3.63, 3.8) is 0 Å². The molecule has 174 valence electrons. The number of nitrogens with zero attached hydrogens (tertiary/aromatic N) is 1. The van der Waals surface area contributed by atoms with Crippen molar-refractivity contribution in [3.8, 4) is 5.75 Å². The molecule has 1 amide bonds. The van der Waals surface area contributed by atoms with Crippen LogP contribution in [0.15, 0.2) is 48.7 Å². The molecule has 4 rings (SSSR count). The van der Waals surface area contributed by atoms with E-state index in [0.717, 1.165) is 10.8 Å². The van der Waals surface area contributed by atoms with E-state index in [2.05, 4.69) is 15.6 Å². The molecule has 1 saturated heterocycles. The highest BCUT2D eigenvalue weighted by atomic mass is 19.1. The van der Waals surface area contributed by atoms with Gasteiger partial charge in [-0.1, -0.05) is 12.1 Å². The largest absolute Gasteiger partial charge is 0.494 e. The molecule has 2 aromatic carbocycles. The number of aliphatic hydroxyl groups excluding tert-OH is 1. The van der Waals surface area contributed by atoms with Crippen LogP contribution in [0.4, 0.5) is 14.6 Å². The van der Waals surface area contributed by atoms with E-state index < -0.39 is 30.5 Å². The fourth-order valence-electron chi connectivity index (χ4n) is 3.79. The minimum atomic E-state index is -1.12. The van der Waals surface area contributed by atoms with Crippen LogP contribution in [-0.4, -0.2) is 55.1 Å². The van der Waals surface area contributed by atoms with Gasteiger partial charge in [0.1, 0.15) is 12.0 Å². The van der Waals surface area contributed by atoms with Gasteiger partial charge in [0.25, 0.3) is 5.91 Å². The Morgan fingerprint density at radius 3 is 2.85 bits per heavy atom. The zero-order valence-electron chi connectivity index (χ0n) is 18.1. The number of aromatic nitrogens is 1. The van der Waals surface area contributed by atoms with E-state index in [1.54, 1.807) is 36.5 Å². The molecule has 1 aromatic heterocycles. The quantitative estimate of drug-likeness (QED) is 0.504. The summed E-state index contributed by atoms with van der Waals surface area (Å²) in [6.07, 6.45) is 1.08. The molecule has 2 heterocycles. The molecular formula is C24H25F2N3O4. The molecule has 0 saturated carbocycles. The second-order valence-electron chi connectivity index (χ2n) is 7.86. The van der Waals surface area contributed by atoms with E-state index in [0.29, 0.717) is 30.0 Å². The Balaban J connectivity index is 1.51. The molecule has 3 aromatic rings. The first-order chi connectivity index (χ1) is 16.0. The summed E-state index contributed by atoms with van der Waals surface area (Å²) in [5.41, 5.74) is 0.777. The van der Waals surface area contributed by atoms with Crippen LogP contribution >= 0.6 is 0 Å². The number of hydrogen-bond acceptors (Lipinski definition) is 6. The van der Waals surface area contributed by atoms with Gasteiger partial charge in [0, 0.05) is 23.8 Å². The number of alkyl halides is 1. The van der Waals surface area contributed by atoms with Gasteiger partial charge in [-0.2, -0.15) is 0 Å². The third-order valence-electron chi connectivity index (χ3n) is 5.67. The molecule has 3 atom stereocenters. The first-order valence-electron chi connectivity index (χ1n) is 10.6. The Morgan fingerprint density at radius 2 is 2.12 bits per heavy atom. The molecule has 1 aliphatic rings. The number of amides is 1.